The Balaban J connectivity index is 1.92. The number of hydrogen-bond acceptors (Lipinski definition) is 4. The molecule has 1 heterocycles. The first kappa shape index (κ1) is 12.9. The molecule has 3 N–H and O–H groups in total. The molecule has 2 aromatic rings. The summed E-state index contributed by atoms with van der Waals surface area (Å²) in [7, 11) is 0. The van der Waals surface area contributed by atoms with Crippen molar-refractivity contribution in [1.82, 2.24) is 0 Å². The van der Waals surface area contributed by atoms with Gasteiger partial charge in [0.15, 0.2) is 11.5 Å². The molecule has 0 radical (unpaired) electrons. The number of hydrogen-bond donors (Lipinski definition) is 2. The molecule has 0 spiro atoms. The lowest BCUT2D eigenvalue weighted by atomic mass is 10.2. The molecule has 4 nitrogen and oxygen atoms in total. The molecule has 1 aliphatic rings. The number of nitrogens with two attached hydrogens (primary N) is 1. The third-order valence-corrected chi connectivity index (χ3v) is 3.22. The van der Waals surface area contributed by atoms with E-state index in [1.165, 1.54) is 12.1 Å². The minimum absolute atomic E-state index is 0.0747. The van der Waals surface area contributed by atoms with Crippen LogP contribution >= 0.6 is 11.6 Å². The molecule has 0 fully saturated rings. The van der Waals surface area contributed by atoms with Gasteiger partial charge in [0.2, 0.25) is 0 Å². The maximum absolute atomic E-state index is 13.4. The Kier molecular flexibility index (Phi) is 3.28. The minimum Gasteiger partial charge on any atom is -0.486 e. The molecule has 6 heteroatoms. The van der Waals surface area contributed by atoms with E-state index < -0.39 is 5.82 Å². The molecule has 0 aromatic heterocycles. The average molecular weight is 295 g/mol. The number of rotatable bonds is 2. The molecular formula is C14H12ClFN2O2. The van der Waals surface area contributed by atoms with Gasteiger partial charge in [0, 0.05) is 17.8 Å². The minimum atomic E-state index is -0.493. The van der Waals surface area contributed by atoms with Crippen molar-refractivity contribution >= 4 is 28.7 Å². The third kappa shape index (κ3) is 2.44. The van der Waals surface area contributed by atoms with E-state index in [1.807, 2.05) is 0 Å². The van der Waals surface area contributed by atoms with Crippen LogP contribution in [0.5, 0.6) is 11.5 Å². The summed E-state index contributed by atoms with van der Waals surface area (Å²) in [6.07, 6.45) is 0. The van der Waals surface area contributed by atoms with Gasteiger partial charge in [-0.1, -0.05) is 11.6 Å². The number of fused-ring (bicyclic) bond motifs is 1. The van der Waals surface area contributed by atoms with Gasteiger partial charge in [-0.3, -0.25) is 0 Å². The summed E-state index contributed by atoms with van der Waals surface area (Å²) in [4.78, 5) is 0. The van der Waals surface area contributed by atoms with Gasteiger partial charge in [-0.15, -0.1) is 0 Å². The molecule has 20 heavy (non-hydrogen) atoms. The fourth-order valence-electron chi connectivity index (χ4n) is 1.94. The van der Waals surface area contributed by atoms with Gasteiger partial charge in [0.25, 0.3) is 0 Å². The lowest BCUT2D eigenvalue weighted by Crippen LogP contribution is -2.15. The zero-order chi connectivity index (χ0) is 14.1. The van der Waals surface area contributed by atoms with Crippen LogP contribution in [0.1, 0.15) is 0 Å². The van der Waals surface area contributed by atoms with Crippen molar-refractivity contribution in [3.8, 4) is 11.5 Å². The Morgan fingerprint density at radius 1 is 1.10 bits per heavy atom. The molecule has 3 rings (SSSR count). The fraction of sp³-hybridized carbons (Fsp3) is 0.143. The first-order valence-corrected chi connectivity index (χ1v) is 6.42. The molecule has 0 atom stereocenters. The zero-order valence-electron chi connectivity index (χ0n) is 10.5. The topological polar surface area (TPSA) is 56.5 Å². The summed E-state index contributed by atoms with van der Waals surface area (Å²) in [6, 6.07) is 7.87. The van der Waals surface area contributed by atoms with Gasteiger partial charge >= 0.3 is 0 Å². The van der Waals surface area contributed by atoms with Crippen molar-refractivity contribution in [2.75, 3.05) is 24.3 Å². The molecular weight excluding hydrogens is 283 g/mol. The Labute approximate surface area is 120 Å². The molecule has 2 aromatic carbocycles. The van der Waals surface area contributed by atoms with E-state index in [-0.39, 0.29) is 5.02 Å². The summed E-state index contributed by atoms with van der Waals surface area (Å²) in [5, 5.41) is 3.11. The largest absolute Gasteiger partial charge is 0.486 e. The number of benzene rings is 2. The van der Waals surface area contributed by atoms with Crippen LogP contribution in [0.15, 0.2) is 30.3 Å². The smallest absolute Gasteiger partial charge is 0.163 e. The maximum atomic E-state index is 13.4. The van der Waals surface area contributed by atoms with Crippen LogP contribution in [-0.2, 0) is 0 Å². The SMILES string of the molecule is Nc1cc2c(cc1Nc1ccc(Cl)c(F)c1)OCCO2. The normalized spacial score (nSPS) is 13.1. The van der Waals surface area contributed by atoms with Crippen LogP contribution in [-0.4, -0.2) is 13.2 Å². The average Bonchev–Trinajstić information content (AvgIpc) is 2.44. The summed E-state index contributed by atoms with van der Waals surface area (Å²) in [6.45, 7) is 0.994. The van der Waals surface area contributed by atoms with Gasteiger partial charge in [-0.05, 0) is 18.2 Å². The van der Waals surface area contributed by atoms with Crippen molar-refractivity contribution < 1.29 is 13.9 Å². The van der Waals surface area contributed by atoms with Crippen LogP contribution in [0.25, 0.3) is 0 Å². The quantitative estimate of drug-likeness (QED) is 0.831. The molecule has 0 saturated carbocycles. The van der Waals surface area contributed by atoms with Crippen LogP contribution in [0, 0.1) is 5.82 Å². The van der Waals surface area contributed by atoms with Crippen molar-refractivity contribution in [2.24, 2.45) is 0 Å². The van der Waals surface area contributed by atoms with Crippen LogP contribution in [0.2, 0.25) is 5.02 Å². The second-order valence-corrected chi connectivity index (χ2v) is 4.74. The van der Waals surface area contributed by atoms with Crippen molar-refractivity contribution in [1.29, 1.82) is 0 Å². The number of anilines is 3. The van der Waals surface area contributed by atoms with Crippen LogP contribution in [0.4, 0.5) is 21.5 Å². The van der Waals surface area contributed by atoms with Crippen molar-refractivity contribution in [3.63, 3.8) is 0 Å². The van der Waals surface area contributed by atoms with E-state index in [0.717, 1.165) is 0 Å². The maximum Gasteiger partial charge on any atom is 0.163 e. The monoisotopic (exact) mass is 294 g/mol. The Morgan fingerprint density at radius 3 is 2.50 bits per heavy atom. The van der Waals surface area contributed by atoms with E-state index in [2.05, 4.69) is 5.32 Å². The highest BCUT2D eigenvalue weighted by atomic mass is 35.5. The van der Waals surface area contributed by atoms with E-state index in [0.29, 0.717) is 41.8 Å². The Bertz CT molecular complexity index is 664. The predicted octanol–water partition coefficient (Wildman–Crippen LogP) is 3.58. The highest BCUT2D eigenvalue weighted by Gasteiger charge is 2.15. The van der Waals surface area contributed by atoms with E-state index >= 15 is 0 Å². The predicted molar refractivity (Wildman–Crippen MR) is 76.5 cm³/mol. The highest BCUT2D eigenvalue weighted by Crippen LogP contribution is 2.38. The molecule has 1 aliphatic heterocycles. The molecule has 0 amide bonds. The number of nitrogens with one attached hydrogen (secondary N) is 1. The van der Waals surface area contributed by atoms with Crippen LogP contribution < -0.4 is 20.5 Å². The third-order valence-electron chi connectivity index (χ3n) is 2.91. The van der Waals surface area contributed by atoms with Gasteiger partial charge in [0.05, 0.1) is 16.4 Å². The number of nitrogen functional groups attached to an aromatic ring is 1. The first-order chi connectivity index (χ1) is 9.63. The van der Waals surface area contributed by atoms with E-state index in [9.17, 15) is 4.39 Å². The first-order valence-electron chi connectivity index (χ1n) is 6.04. The van der Waals surface area contributed by atoms with Gasteiger partial charge in [-0.25, -0.2) is 4.39 Å². The number of ether oxygens (including phenoxy) is 2. The molecule has 0 saturated heterocycles. The zero-order valence-corrected chi connectivity index (χ0v) is 11.2. The molecule has 0 unspecified atom stereocenters. The standard InChI is InChI=1S/C14H12ClFN2O2/c15-9-2-1-8(5-10(9)16)18-12-7-14-13(6-11(12)17)19-3-4-20-14/h1-2,5-7,18H,3-4,17H2. The summed E-state index contributed by atoms with van der Waals surface area (Å²) in [5.74, 6) is 0.733. The second kappa shape index (κ2) is 5.09. The summed E-state index contributed by atoms with van der Waals surface area (Å²) in [5.41, 5.74) is 7.61. The Hall–Kier alpha value is -2.14. The van der Waals surface area contributed by atoms with Gasteiger partial charge in [-0.2, -0.15) is 0 Å². The lowest BCUT2D eigenvalue weighted by Gasteiger charge is -2.20. The molecule has 0 aliphatic carbocycles. The van der Waals surface area contributed by atoms with E-state index in [4.69, 9.17) is 26.8 Å². The number of halogens is 2. The lowest BCUT2D eigenvalue weighted by molar-refractivity contribution is 0.172. The van der Waals surface area contributed by atoms with Crippen LogP contribution in [0.3, 0.4) is 0 Å². The molecule has 104 valence electrons. The van der Waals surface area contributed by atoms with E-state index in [1.54, 1.807) is 18.2 Å². The van der Waals surface area contributed by atoms with Crippen molar-refractivity contribution in [3.05, 3.63) is 41.2 Å². The highest BCUT2D eigenvalue weighted by molar-refractivity contribution is 6.30. The fourth-order valence-corrected chi connectivity index (χ4v) is 2.06. The summed E-state index contributed by atoms with van der Waals surface area (Å²) < 4.78 is 24.3. The summed E-state index contributed by atoms with van der Waals surface area (Å²) >= 11 is 5.65. The van der Waals surface area contributed by atoms with Crippen molar-refractivity contribution in [2.45, 2.75) is 0 Å². The Morgan fingerprint density at radius 2 is 1.80 bits per heavy atom. The second-order valence-electron chi connectivity index (χ2n) is 4.34. The molecule has 0 bridgehead atoms. The van der Waals surface area contributed by atoms with Gasteiger partial charge < -0.3 is 20.5 Å². The van der Waals surface area contributed by atoms with Gasteiger partial charge in [0.1, 0.15) is 19.0 Å².